The number of carbonyl (C=O) groups excluding carboxylic acids is 2. The van der Waals surface area contributed by atoms with Gasteiger partial charge in [-0.15, -0.1) is 0 Å². The largest absolute Gasteiger partial charge is 0.469 e. The van der Waals surface area contributed by atoms with E-state index in [9.17, 15) is 9.59 Å². The van der Waals surface area contributed by atoms with Gasteiger partial charge in [-0.3, -0.25) is 9.59 Å². The molecular formula is C23H36BrNO5. The Morgan fingerprint density at radius 1 is 1.17 bits per heavy atom. The molecule has 1 aliphatic rings. The summed E-state index contributed by atoms with van der Waals surface area (Å²) in [6.07, 6.45) is 4.15. The third-order valence-electron chi connectivity index (χ3n) is 5.34. The van der Waals surface area contributed by atoms with Crippen molar-refractivity contribution in [2.24, 2.45) is 11.3 Å². The van der Waals surface area contributed by atoms with E-state index in [0.717, 1.165) is 23.0 Å². The number of halogens is 1. The van der Waals surface area contributed by atoms with Gasteiger partial charge in [0.2, 0.25) is 0 Å². The van der Waals surface area contributed by atoms with Gasteiger partial charge in [-0.25, -0.2) is 0 Å². The first-order chi connectivity index (χ1) is 13.8. The Bertz CT molecular complexity index is 738. The molecule has 6 nitrogen and oxygen atoms in total. The molecule has 0 aromatic carbocycles. The molecule has 0 unspecified atom stereocenters. The lowest BCUT2D eigenvalue weighted by Gasteiger charge is -2.38. The van der Waals surface area contributed by atoms with E-state index in [1.807, 2.05) is 20.8 Å². The van der Waals surface area contributed by atoms with Crippen LogP contribution in [0.4, 0.5) is 0 Å². The summed E-state index contributed by atoms with van der Waals surface area (Å²) in [5.41, 5.74) is 0.679. The highest BCUT2D eigenvalue weighted by Crippen LogP contribution is 2.49. The van der Waals surface area contributed by atoms with Crippen molar-refractivity contribution in [1.82, 2.24) is 5.16 Å². The smallest absolute Gasteiger partial charge is 0.307 e. The summed E-state index contributed by atoms with van der Waals surface area (Å²) < 4.78 is 16.7. The number of hydrogen-bond acceptors (Lipinski definition) is 6. The molecule has 1 fully saturated rings. The van der Waals surface area contributed by atoms with Crippen LogP contribution in [0.3, 0.4) is 0 Å². The van der Waals surface area contributed by atoms with Crippen molar-refractivity contribution in [3.05, 3.63) is 15.9 Å². The average molecular weight is 486 g/mol. The predicted octanol–water partition coefficient (Wildman–Crippen LogP) is 6.14. The summed E-state index contributed by atoms with van der Waals surface area (Å²) in [5, 5.41) is 4.33. The third-order valence-corrected chi connectivity index (χ3v) is 6.13. The SMILES string of the molecule is COC(=O)CC[C@@H](CC(=O)OC(C)(C)C)c1onc([C@H]2C[C@@H](CC(C)(C)C)C2)c1Br. The molecule has 170 valence electrons. The van der Waals surface area contributed by atoms with Gasteiger partial charge in [0, 0.05) is 18.3 Å². The highest BCUT2D eigenvalue weighted by atomic mass is 79.9. The number of methoxy groups -OCH3 is 1. The Morgan fingerprint density at radius 3 is 2.33 bits per heavy atom. The van der Waals surface area contributed by atoms with Crippen LogP contribution in [0.5, 0.6) is 0 Å². The molecule has 0 radical (unpaired) electrons. The molecular weight excluding hydrogens is 450 g/mol. The number of rotatable bonds is 8. The summed E-state index contributed by atoms with van der Waals surface area (Å²) >= 11 is 3.66. The normalized spacial score (nSPS) is 20.4. The zero-order valence-electron chi connectivity index (χ0n) is 19.3. The molecule has 0 amide bonds. The Hall–Kier alpha value is -1.37. The molecule has 1 aliphatic carbocycles. The van der Waals surface area contributed by atoms with Gasteiger partial charge in [-0.1, -0.05) is 25.9 Å². The lowest BCUT2D eigenvalue weighted by Crippen LogP contribution is -2.26. The molecule has 0 N–H and O–H groups in total. The number of aromatic nitrogens is 1. The first-order valence-corrected chi connectivity index (χ1v) is 11.5. The fourth-order valence-electron chi connectivity index (χ4n) is 4.11. The van der Waals surface area contributed by atoms with Crippen LogP contribution in [0.25, 0.3) is 0 Å². The van der Waals surface area contributed by atoms with Crippen LogP contribution in [-0.4, -0.2) is 29.8 Å². The fourth-order valence-corrected chi connectivity index (χ4v) is 4.90. The van der Waals surface area contributed by atoms with Gasteiger partial charge < -0.3 is 14.0 Å². The zero-order chi connectivity index (χ0) is 22.7. The van der Waals surface area contributed by atoms with Gasteiger partial charge in [-0.2, -0.15) is 0 Å². The minimum atomic E-state index is -0.568. The van der Waals surface area contributed by atoms with Crippen molar-refractivity contribution in [2.75, 3.05) is 7.11 Å². The van der Waals surface area contributed by atoms with Crippen LogP contribution in [0.1, 0.15) is 103 Å². The maximum atomic E-state index is 12.4. The lowest BCUT2D eigenvalue weighted by atomic mass is 9.67. The van der Waals surface area contributed by atoms with Gasteiger partial charge in [0.15, 0.2) is 5.76 Å². The number of nitrogens with zero attached hydrogens (tertiary/aromatic N) is 1. The van der Waals surface area contributed by atoms with Crippen molar-refractivity contribution < 1.29 is 23.6 Å². The van der Waals surface area contributed by atoms with Crippen LogP contribution in [0.15, 0.2) is 9.00 Å². The third kappa shape index (κ3) is 7.40. The molecule has 0 spiro atoms. The second-order valence-electron chi connectivity index (χ2n) is 10.6. The Morgan fingerprint density at radius 2 is 1.80 bits per heavy atom. The van der Waals surface area contributed by atoms with Gasteiger partial charge >= 0.3 is 11.9 Å². The minimum Gasteiger partial charge on any atom is -0.469 e. The summed E-state index contributed by atoms with van der Waals surface area (Å²) in [7, 11) is 1.36. The standard InChI is InChI=1S/C23H36BrNO5/c1-22(2,3)13-14-10-16(11-14)20-19(24)21(30-25-20)15(8-9-17(26)28-7)12-18(27)29-23(4,5)6/h14-16H,8-13H2,1-7H3/t14-,15-,16+/m0/s1. The van der Waals surface area contributed by atoms with E-state index in [0.29, 0.717) is 29.4 Å². The van der Waals surface area contributed by atoms with Crippen molar-refractivity contribution in [2.45, 2.75) is 97.5 Å². The van der Waals surface area contributed by atoms with E-state index in [-0.39, 0.29) is 30.7 Å². The monoisotopic (exact) mass is 485 g/mol. The van der Waals surface area contributed by atoms with Crippen molar-refractivity contribution >= 4 is 27.9 Å². The molecule has 1 aromatic rings. The van der Waals surface area contributed by atoms with Gasteiger partial charge in [0.25, 0.3) is 0 Å². The summed E-state index contributed by atoms with van der Waals surface area (Å²) in [6.45, 7) is 12.3. The van der Waals surface area contributed by atoms with E-state index in [1.165, 1.54) is 13.5 Å². The van der Waals surface area contributed by atoms with Crippen molar-refractivity contribution in [3.8, 4) is 0 Å². The van der Waals surface area contributed by atoms with Gasteiger partial charge in [0.05, 0.1) is 18.0 Å². The van der Waals surface area contributed by atoms with E-state index in [2.05, 4.69) is 41.9 Å². The Balaban J connectivity index is 2.10. The van der Waals surface area contributed by atoms with Crippen molar-refractivity contribution in [1.29, 1.82) is 0 Å². The van der Waals surface area contributed by atoms with Gasteiger partial charge in [-0.05, 0) is 73.7 Å². The minimum absolute atomic E-state index is 0.124. The first kappa shape index (κ1) is 24.9. The van der Waals surface area contributed by atoms with Crippen LogP contribution >= 0.6 is 15.9 Å². The second-order valence-corrected chi connectivity index (χ2v) is 11.4. The van der Waals surface area contributed by atoms with E-state index in [4.69, 9.17) is 14.0 Å². The molecule has 0 aliphatic heterocycles. The number of carbonyl (C=O) groups is 2. The molecule has 1 saturated carbocycles. The quantitative estimate of drug-likeness (QED) is 0.411. The highest BCUT2D eigenvalue weighted by Gasteiger charge is 2.38. The van der Waals surface area contributed by atoms with Crippen LogP contribution < -0.4 is 0 Å². The van der Waals surface area contributed by atoms with E-state index < -0.39 is 5.60 Å². The maximum Gasteiger partial charge on any atom is 0.307 e. The maximum absolute atomic E-state index is 12.4. The van der Waals surface area contributed by atoms with Crippen molar-refractivity contribution in [3.63, 3.8) is 0 Å². The second kappa shape index (κ2) is 9.84. The average Bonchev–Trinajstić information content (AvgIpc) is 2.92. The molecule has 1 atom stereocenters. The predicted molar refractivity (Wildman–Crippen MR) is 118 cm³/mol. The summed E-state index contributed by atoms with van der Waals surface area (Å²) in [4.78, 5) is 24.1. The molecule has 0 saturated heterocycles. The van der Waals surface area contributed by atoms with Gasteiger partial charge in [0.1, 0.15) is 11.3 Å². The molecule has 0 bridgehead atoms. The first-order valence-electron chi connectivity index (χ1n) is 10.7. The topological polar surface area (TPSA) is 78.6 Å². The van der Waals surface area contributed by atoms with Crippen LogP contribution in [-0.2, 0) is 19.1 Å². The highest BCUT2D eigenvalue weighted by molar-refractivity contribution is 9.10. The van der Waals surface area contributed by atoms with Crippen LogP contribution in [0.2, 0.25) is 0 Å². The van der Waals surface area contributed by atoms with Crippen LogP contribution in [0, 0.1) is 11.3 Å². The summed E-state index contributed by atoms with van der Waals surface area (Å²) in [6, 6.07) is 0. The molecule has 2 rings (SSSR count). The lowest BCUT2D eigenvalue weighted by molar-refractivity contribution is -0.155. The number of esters is 2. The fraction of sp³-hybridized carbons (Fsp3) is 0.783. The number of hydrogen-bond donors (Lipinski definition) is 0. The Labute approximate surface area is 188 Å². The number of ether oxygens (including phenoxy) is 2. The van der Waals surface area contributed by atoms with E-state index >= 15 is 0 Å². The summed E-state index contributed by atoms with van der Waals surface area (Å²) in [5.74, 6) is 0.741. The molecule has 1 aromatic heterocycles. The molecule has 7 heteroatoms. The Kier molecular flexibility index (Phi) is 8.16. The molecule has 30 heavy (non-hydrogen) atoms. The molecule has 1 heterocycles. The van der Waals surface area contributed by atoms with E-state index in [1.54, 1.807) is 0 Å². The zero-order valence-corrected chi connectivity index (χ0v) is 20.9.